The van der Waals surface area contributed by atoms with Crippen LogP contribution < -0.4 is 0 Å². The van der Waals surface area contributed by atoms with E-state index in [1.54, 1.807) is 5.57 Å². The van der Waals surface area contributed by atoms with Gasteiger partial charge in [-0.3, -0.25) is 0 Å². The van der Waals surface area contributed by atoms with Crippen LogP contribution in [0, 0.1) is 17.8 Å². The highest BCUT2D eigenvalue weighted by molar-refractivity contribution is 14.1. The Bertz CT molecular complexity index is 439. The Hall–Kier alpha value is -0.310. The van der Waals surface area contributed by atoms with Crippen LogP contribution in [0.2, 0.25) is 0 Å². The molecule has 0 radical (unpaired) electrons. The van der Waals surface area contributed by atoms with Crippen LogP contribution in [0.1, 0.15) is 44.9 Å². The van der Waals surface area contributed by atoms with E-state index in [9.17, 15) is 0 Å². The Labute approximate surface area is 130 Å². The zero-order valence-electron chi connectivity index (χ0n) is 11.5. The van der Waals surface area contributed by atoms with Crippen LogP contribution in [-0.2, 0) is 0 Å². The summed E-state index contributed by atoms with van der Waals surface area (Å²) in [4.78, 5) is 0. The predicted octanol–water partition coefficient (Wildman–Crippen LogP) is 5.96. The second-order valence-electron chi connectivity index (χ2n) is 6.14. The first kappa shape index (κ1) is 13.7. The van der Waals surface area contributed by atoms with Crippen molar-refractivity contribution in [3.63, 3.8) is 0 Å². The quantitative estimate of drug-likeness (QED) is 0.418. The summed E-state index contributed by atoms with van der Waals surface area (Å²) in [5, 5.41) is 0. The average molecular weight is 366 g/mol. The van der Waals surface area contributed by atoms with Crippen molar-refractivity contribution in [1.29, 1.82) is 0 Å². The lowest BCUT2D eigenvalue weighted by molar-refractivity contribution is 0.394. The molecule has 0 N–H and O–H groups in total. The van der Waals surface area contributed by atoms with Crippen LogP contribution in [0.15, 0.2) is 45.6 Å². The maximum atomic E-state index is 2.52. The third-order valence-electron chi connectivity index (χ3n) is 4.80. The summed E-state index contributed by atoms with van der Waals surface area (Å²) < 4.78 is 1.47. The monoisotopic (exact) mass is 366 g/mol. The van der Waals surface area contributed by atoms with Gasteiger partial charge in [-0.25, -0.2) is 0 Å². The number of rotatable bonds is 2. The number of halogens is 1. The van der Waals surface area contributed by atoms with Gasteiger partial charge < -0.3 is 0 Å². The van der Waals surface area contributed by atoms with E-state index in [4.69, 9.17) is 0 Å². The maximum absolute atomic E-state index is 2.52. The number of allylic oxidation sites excluding steroid dienone is 8. The summed E-state index contributed by atoms with van der Waals surface area (Å²) in [6.07, 6.45) is 23.9. The molecule has 0 aromatic carbocycles. The molecule has 3 aliphatic carbocycles. The van der Waals surface area contributed by atoms with E-state index in [1.165, 1.54) is 48.5 Å². The minimum atomic E-state index is 0.759. The highest BCUT2D eigenvalue weighted by atomic mass is 127. The van der Waals surface area contributed by atoms with Gasteiger partial charge in [-0.2, -0.15) is 0 Å². The fourth-order valence-corrected chi connectivity index (χ4v) is 4.57. The highest BCUT2D eigenvalue weighted by Gasteiger charge is 2.26. The Morgan fingerprint density at radius 1 is 1.00 bits per heavy atom. The molecule has 3 atom stereocenters. The molecule has 3 aliphatic rings. The molecule has 0 bridgehead atoms. The zero-order chi connectivity index (χ0) is 13.1. The van der Waals surface area contributed by atoms with Gasteiger partial charge in [0.15, 0.2) is 0 Å². The standard InChI is InChI=1S/C18H23I/c19-18-12-16(14-7-3-1-4-8-14)11-17(13-18)15-9-5-2-6-10-15/h1,3,5,9,12-15,17H,2,4,6-8,10-11H2. The van der Waals surface area contributed by atoms with Crippen molar-refractivity contribution >= 4 is 22.6 Å². The minimum Gasteiger partial charge on any atom is -0.0885 e. The molecule has 0 saturated carbocycles. The zero-order valence-corrected chi connectivity index (χ0v) is 13.7. The van der Waals surface area contributed by atoms with E-state index in [0.717, 1.165) is 17.8 Å². The van der Waals surface area contributed by atoms with Crippen LogP contribution in [0.25, 0.3) is 0 Å². The Balaban J connectivity index is 1.73. The molecule has 3 rings (SSSR count). The third-order valence-corrected chi connectivity index (χ3v) is 5.47. The van der Waals surface area contributed by atoms with Gasteiger partial charge in [0.05, 0.1) is 0 Å². The first-order valence-electron chi connectivity index (χ1n) is 7.72. The van der Waals surface area contributed by atoms with Crippen LogP contribution in [0.3, 0.4) is 0 Å². The normalized spacial score (nSPS) is 34.9. The van der Waals surface area contributed by atoms with Gasteiger partial charge in [0.1, 0.15) is 0 Å². The van der Waals surface area contributed by atoms with Crippen molar-refractivity contribution in [2.75, 3.05) is 0 Å². The second-order valence-corrected chi connectivity index (χ2v) is 7.39. The molecule has 0 aromatic heterocycles. The van der Waals surface area contributed by atoms with Gasteiger partial charge in [-0.05, 0) is 91.4 Å². The topological polar surface area (TPSA) is 0 Å². The lowest BCUT2D eigenvalue weighted by Gasteiger charge is -2.31. The highest BCUT2D eigenvalue weighted by Crippen LogP contribution is 2.40. The van der Waals surface area contributed by atoms with Crippen molar-refractivity contribution in [2.45, 2.75) is 44.9 Å². The van der Waals surface area contributed by atoms with Crippen molar-refractivity contribution in [1.82, 2.24) is 0 Å². The van der Waals surface area contributed by atoms with Crippen molar-refractivity contribution < 1.29 is 0 Å². The molecule has 3 unspecified atom stereocenters. The Kier molecular flexibility index (Phi) is 4.62. The first-order chi connectivity index (χ1) is 9.33. The van der Waals surface area contributed by atoms with Gasteiger partial charge in [0, 0.05) is 3.58 Å². The van der Waals surface area contributed by atoms with Crippen molar-refractivity contribution in [3.05, 3.63) is 45.6 Å². The molecule has 19 heavy (non-hydrogen) atoms. The predicted molar refractivity (Wildman–Crippen MR) is 91.3 cm³/mol. The molecule has 0 heterocycles. The van der Waals surface area contributed by atoms with Crippen molar-refractivity contribution in [2.24, 2.45) is 17.8 Å². The van der Waals surface area contributed by atoms with E-state index in [-0.39, 0.29) is 0 Å². The molecule has 102 valence electrons. The SMILES string of the molecule is IC1=CC(C2C=CCCC2)CC(C2CC=CCC2)=C1. The fraction of sp³-hybridized carbons (Fsp3) is 0.556. The van der Waals surface area contributed by atoms with E-state index < -0.39 is 0 Å². The lowest BCUT2D eigenvalue weighted by Crippen LogP contribution is -2.19. The largest absolute Gasteiger partial charge is 0.0885 e. The molecule has 1 heteroatoms. The third kappa shape index (κ3) is 3.42. The van der Waals surface area contributed by atoms with Crippen LogP contribution in [0.4, 0.5) is 0 Å². The van der Waals surface area contributed by atoms with E-state index in [0.29, 0.717) is 0 Å². The Morgan fingerprint density at radius 3 is 2.68 bits per heavy atom. The van der Waals surface area contributed by atoms with Gasteiger partial charge in [0.25, 0.3) is 0 Å². The molecule has 0 aliphatic heterocycles. The Morgan fingerprint density at radius 2 is 1.95 bits per heavy atom. The molecular formula is C18H23I. The fourth-order valence-electron chi connectivity index (χ4n) is 3.71. The van der Waals surface area contributed by atoms with Crippen molar-refractivity contribution in [3.8, 4) is 0 Å². The molecule has 0 saturated heterocycles. The van der Waals surface area contributed by atoms with E-state index in [2.05, 4.69) is 59.0 Å². The van der Waals surface area contributed by atoms with Crippen LogP contribution in [-0.4, -0.2) is 0 Å². The summed E-state index contributed by atoms with van der Waals surface area (Å²) in [5.41, 5.74) is 1.72. The number of hydrogen-bond acceptors (Lipinski definition) is 0. The van der Waals surface area contributed by atoms with E-state index >= 15 is 0 Å². The second kappa shape index (κ2) is 6.43. The number of hydrogen-bond donors (Lipinski definition) is 0. The molecule has 0 nitrogen and oxygen atoms in total. The molecule has 0 aromatic rings. The average Bonchev–Trinajstić information content (AvgIpc) is 2.48. The van der Waals surface area contributed by atoms with Gasteiger partial charge in [-0.1, -0.05) is 36.0 Å². The van der Waals surface area contributed by atoms with Gasteiger partial charge >= 0.3 is 0 Å². The summed E-state index contributed by atoms with van der Waals surface area (Å²) in [6.45, 7) is 0. The molecule has 0 spiro atoms. The minimum absolute atomic E-state index is 0.759. The maximum Gasteiger partial charge on any atom is 0.00927 e. The summed E-state index contributed by atoms with van der Waals surface area (Å²) in [5.74, 6) is 2.37. The van der Waals surface area contributed by atoms with Gasteiger partial charge in [-0.15, -0.1) is 0 Å². The summed E-state index contributed by atoms with van der Waals surface area (Å²) in [7, 11) is 0. The van der Waals surface area contributed by atoms with Crippen LogP contribution >= 0.6 is 22.6 Å². The molecular weight excluding hydrogens is 343 g/mol. The summed E-state index contributed by atoms with van der Waals surface area (Å²) >= 11 is 2.52. The van der Waals surface area contributed by atoms with E-state index in [1.807, 2.05) is 0 Å². The summed E-state index contributed by atoms with van der Waals surface area (Å²) in [6, 6.07) is 0. The lowest BCUT2D eigenvalue weighted by atomic mass is 9.74. The molecule has 0 fully saturated rings. The first-order valence-corrected chi connectivity index (χ1v) is 8.80. The molecule has 0 amide bonds. The van der Waals surface area contributed by atoms with Crippen LogP contribution in [0.5, 0.6) is 0 Å². The smallest absolute Gasteiger partial charge is 0.00927 e. The van der Waals surface area contributed by atoms with Gasteiger partial charge in [0.2, 0.25) is 0 Å².